The van der Waals surface area contributed by atoms with E-state index >= 15 is 4.39 Å². The SMILES string of the molecule is Cn1nc(C2CCC(=O)NC2=O)c2cccc(C#CCO[C@H]3CCN(CC4CCC(n5cc(NC(=O)c6cnn7ccc(N8CCOC(C(F)(F)F)C8)nc67)c(C(F)F)n5)CC4)C[C@@H](F)C3S)c21. The summed E-state index contributed by atoms with van der Waals surface area (Å²) in [6.07, 6.45) is -3.39. The molecule has 4 aromatic heterocycles. The van der Waals surface area contributed by atoms with Crippen molar-refractivity contribution in [2.75, 3.05) is 56.2 Å². The molecule has 9 rings (SSSR count). The molecule has 5 atom stereocenters. The number of halogens is 6. The fourth-order valence-electron chi connectivity index (χ4n) is 9.71. The number of aryl methyl sites for hydroxylation is 1. The molecule has 0 bridgehead atoms. The summed E-state index contributed by atoms with van der Waals surface area (Å²) in [5.41, 5.74) is 1.21. The van der Waals surface area contributed by atoms with Crippen LogP contribution in [0.4, 0.5) is 37.8 Å². The molecule has 16 nitrogen and oxygen atoms in total. The van der Waals surface area contributed by atoms with Crippen molar-refractivity contribution in [1.82, 2.24) is 44.4 Å². The molecule has 1 aromatic carbocycles. The van der Waals surface area contributed by atoms with E-state index in [0.29, 0.717) is 50.0 Å². The van der Waals surface area contributed by atoms with Gasteiger partial charge in [-0.15, -0.1) is 0 Å². The van der Waals surface area contributed by atoms with Crippen LogP contribution in [0.2, 0.25) is 0 Å². The third-order valence-electron chi connectivity index (χ3n) is 13.2. The second-order valence-electron chi connectivity index (χ2n) is 17.7. The standard InChI is InChI=1S/C45H49F6N11O5S/c1-58-39-26(4-2-6-28(39)37(56-58)29-11-12-36(63)55-43(29)64)5-3-18-66-33-13-15-59(22-31(46)40(33)68)21-25-7-9-27(10-8-25)62-23-32(38(57-62)41(47)48)53-44(65)30-20-52-61-16-14-35(54-42(30)61)60-17-19-67-34(24-60)45(49,50)51/h2,4,6,14,16,20,23,25,27,29,31,33-34,40-41,68H,7-13,15,17-19,21-22,24H2,1H3,(H,53,65)(H,55,63,64)/t25?,27?,29?,31-,33+,34?,40?/m1/s1. The number of anilines is 2. The highest BCUT2D eigenvalue weighted by molar-refractivity contribution is 7.81. The van der Waals surface area contributed by atoms with E-state index in [2.05, 4.69) is 60.3 Å². The number of amides is 3. The molecule has 0 radical (unpaired) electrons. The van der Waals surface area contributed by atoms with Crippen LogP contribution in [0.15, 0.2) is 42.9 Å². The lowest BCUT2D eigenvalue weighted by molar-refractivity contribution is -0.221. The summed E-state index contributed by atoms with van der Waals surface area (Å²) in [6, 6.07) is 6.82. The highest BCUT2D eigenvalue weighted by Crippen LogP contribution is 2.37. The normalized spacial score (nSPS) is 25.4. The topological polar surface area (TPSA) is 166 Å². The molecule has 0 spiro atoms. The molecule has 1 saturated carbocycles. The molecule has 4 fully saturated rings. The van der Waals surface area contributed by atoms with Crippen LogP contribution >= 0.6 is 12.6 Å². The number of benzene rings is 1. The number of para-hydroxylation sites is 1. The summed E-state index contributed by atoms with van der Waals surface area (Å²) in [7, 11) is 1.78. The second kappa shape index (κ2) is 19.7. The minimum absolute atomic E-state index is 0.0293. The van der Waals surface area contributed by atoms with E-state index in [-0.39, 0.29) is 79.2 Å². The van der Waals surface area contributed by atoms with Crippen molar-refractivity contribution in [3.05, 3.63) is 65.4 Å². The molecular formula is C45H49F6N11O5S. The van der Waals surface area contributed by atoms with Crippen molar-refractivity contribution >= 4 is 58.4 Å². The number of likely N-dealkylation sites (tertiary alicyclic amines) is 1. The summed E-state index contributed by atoms with van der Waals surface area (Å²) >= 11 is 4.62. The summed E-state index contributed by atoms with van der Waals surface area (Å²) in [5.74, 6) is 4.61. The zero-order valence-electron chi connectivity index (χ0n) is 36.8. The van der Waals surface area contributed by atoms with Crippen molar-refractivity contribution in [3.63, 3.8) is 0 Å². The fourth-order valence-corrected chi connectivity index (χ4v) is 10.0. The average Bonchev–Trinajstić information content (AvgIpc) is 4.01. The van der Waals surface area contributed by atoms with Crippen molar-refractivity contribution in [3.8, 4) is 11.8 Å². The number of alkyl halides is 6. The number of thiol groups is 1. The first-order valence-corrected chi connectivity index (χ1v) is 23.0. The van der Waals surface area contributed by atoms with Gasteiger partial charge in [0.2, 0.25) is 11.8 Å². The van der Waals surface area contributed by atoms with Gasteiger partial charge in [-0.2, -0.15) is 41.1 Å². The summed E-state index contributed by atoms with van der Waals surface area (Å²) < 4.78 is 99.9. The molecule has 68 heavy (non-hydrogen) atoms. The third kappa shape index (κ3) is 10.0. The van der Waals surface area contributed by atoms with Gasteiger partial charge in [-0.25, -0.2) is 22.7 Å². The number of ether oxygens (including phenoxy) is 2. The molecule has 5 aromatic rings. The van der Waals surface area contributed by atoms with E-state index in [0.717, 1.165) is 23.7 Å². The van der Waals surface area contributed by atoms with E-state index in [9.17, 15) is 36.3 Å². The van der Waals surface area contributed by atoms with Gasteiger partial charge in [-0.05, 0) is 56.6 Å². The van der Waals surface area contributed by atoms with Crippen LogP contribution in [0.5, 0.6) is 0 Å². The number of carbonyl (C=O) groups is 3. The lowest BCUT2D eigenvalue weighted by Gasteiger charge is -2.34. The first-order chi connectivity index (χ1) is 32.6. The second-order valence-corrected chi connectivity index (χ2v) is 18.3. The Morgan fingerprint density at radius 3 is 2.65 bits per heavy atom. The van der Waals surface area contributed by atoms with Gasteiger partial charge in [0.15, 0.2) is 17.4 Å². The molecule has 1 aliphatic carbocycles. The van der Waals surface area contributed by atoms with Gasteiger partial charge in [-0.1, -0.05) is 24.0 Å². The Morgan fingerprint density at radius 2 is 1.88 bits per heavy atom. The van der Waals surface area contributed by atoms with Crippen LogP contribution in [-0.4, -0.2) is 133 Å². The number of rotatable bonds is 10. The Morgan fingerprint density at radius 1 is 1.07 bits per heavy atom. The lowest BCUT2D eigenvalue weighted by Crippen LogP contribution is -2.49. The Labute approximate surface area is 391 Å². The van der Waals surface area contributed by atoms with E-state index in [4.69, 9.17) is 9.47 Å². The quantitative estimate of drug-likeness (QED) is 0.0671. The van der Waals surface area contributed by atoms with E-state index in [1.54, 1.807) is 11.7 Å². The highest BCUT2D eigenvalue weighted by atomic mass is 32.1. The maximum Gasteiger partial charge on any atom is 0.416 e. The number of fused-ring (bicyclic) bond motifs is 2. The maximum absolute atomic E-state index is 15.6. The molecule has 23 heteroatoms. The van der Waals surface area contributed by atoms with Gasteiger partial charge in [0.1, 0.15) is 24.2 Å². The molecule has 2 N–H and O–H groups in total. The molecule has 3 saturated heterocycles. The van der Waals surface area contributed by atoms with Crippen molar-refractivity contribution in [2.24, 2.45) is 13.0 Å². The predicted octanol–water partition coefficient (Wildman–Crippen LogP) is 5.80. The van der Waals surface area contributed by atoms with Gasteiger partial charge in [-0.3, -0.25) is 29.1 Å². The number of nitrogens with zero attached hydrogens (tertiary/aromatic N) is 9. The predicted molar refractivity (Wildman–Crippen MR) is 238 cm³/mol. The smallest absolute Gasteiger partial charge is 0.365 e. The van der Waals surface area contributed by atoms with E-state index in [1.807, 2.05) is 18.2 Å². The number of nitrogens with one attached hydrogen (secondary N) is 2. The first kappa shape index (κ1) is 47.4. The summed E-state index contributed by atoms with van der Waals surface area (Å²) in [6.45, 7) is 0.931. The minimum atomic E-state index is -4.57. The number of hydrogen-bond acceptors (Lipinski definition) is 12. The van der Waals surface area contributed by atoms with Crippen LogP contribution in [0.3, 0.4) is 0 Å². The maximum atomic E-state index is 15.6. The monoisotopic (exact) mass is 969 g/mol. The van der Waals surface area contributed by atoms with Crippen LogP contribution in [-0.2, 0) is 26.1 Å². The molecule has 3 amide bonds. The number of aromatic nitrogens is 7. The average molecular weight is 970 g/mol. The number of hydrogen-bond donors (Lipinski definition) is 3. The molecule has 4 aliphatic rings. The number of imide groups is 1. The van der Waals surface area contributed by atoms with Crippen LogP contribution < -0.4 is 15.5 Å². The van der Waals surface area contributed by atoms with Crippen molar-refractivity contribution in [1.29, 1.82) is 0 Å². The van der Waals surface area contributed by atoms with E-state index < -0.39 is 60.3 Å². The van der Waals surface area contributed by atoms with Gasteiger partial charge >= 0.3 is 6.18 Å². The van der Waals surface area contributed by atoms with Crippen LogP contribution in [0, 0.1) is 17.8 Å². The molecule has 7 heterocycles. The van der Waals surface area contributed by atoms with Crippen molar-refractivity contribution in [2.45, 2.75) is 93.1 Å². The van der Waals surface area contributed by atoms with Gasteiger partial charge in [0.25, 0.3) is 12.3 Å². The summed E-state index contributed by atoms with van der Waals surface area (Å²) in [4.78, 5) is 45.7. The Hall–Kier alpha value is -5.70. The van der Waals surface area contributed by atoms with Crippen LogP contribution in [0.1, 0.15) is 90.6 Å². The lowest BCUT2D eigenvalue weighted by atomic mass is 9.85. The van der Waals surface area contributed by atoms with E-state index in [1.165, 1.54) is 38.8 Å². The molecule has 362 valence electrons. The zero-order valence-corrected chi connectivity index (χ0v) is 37.7. The number of carbonyl (C=O) groups excluding carboxylic acids is 3. The first-order valence-electron chi connectivity index (χ1n) is 22.5. The minimum Gasteiger partial charge on any atom is -0.365 e. The summed E-state index contributed by atoms with van der Waals surface area (Å²) in [5, 5.41) is 18.0. The Bertz CT molecular complexity index is 2740. The largest absolute Gasteiger partial charge is 0.416 e. The van der Waals surface area contributed by atoms with Crippen LogP contribution in [0.25, 0.3) is 16.6 Å². The Balaban J connectivity index is 0.779. The molecule has 3 aliphatic heterocycles. The number of morpholine rings is 1. The molecule has 3 unspecified atom stereocenters. The van der Waals surface area contributed by atoms with Gasteiger partial charge in [0, 0.05) is 57.4 Å². The van der Waals surface area contributed by atoms with Gasteiger partial charge < -0.3 is 24.6 Å². The van der Waals surface area contributed by atoms with Gasteiger partial charge in [0.05, 0.1) is 65.1 Å². The Kier molecular flexibility index (Phi) is 13.7. The highest BCUT2D eigenvalue weighted by Gasteiger charge is 2.44. The van der Waals surface area contributed by atoms with Crippen molar-refractivity contribution < 1.29 is 50.2 Å². The number of piperidine rings is 1. The third-order valence-corrected chi connectivity index (χ3v) is 13.9. The molecular weight excluding hydrogens is 921 g/mol. The fraction of sp³-hybridized carbons (Fsp3) is 0.533. The zero-order chi connectivity index (χ0) is 47.9.